The van der Waals surface area contributed by atoms with Crippen LogP contribution in [0.5, 0.6) is 5.88 Å². The maximum atomic E-state index is 12.7. The van der Waals surface area contributed by atoms with Crippen LogP contribution in [0.3, 0.4) is 0 Å². The Labute approximate surface area is 130 Å². The molecule has 0 aliphatic carbocycles. The van der Waals surface area contributed by atoms with E-state index in [4.69, 9.17) is 4.74 Å². The Morgan fingerprint density at radius 2 is 2.00 bits per heavy atom. The summed E-state index contributed by atoms with van der Waals surface area (Å²) < 4.78 is 6.84. The zero-order valence-electron chi connectivity index (χ0n) is 13.9. The highest BCUT2D eigenvalue weighted by Crippen LogP contribution is 2.20. The van der Waals surface area contributed by atoms with Crippen LogP contribution in [0.1, 0.15) is 36.8 Å². The molecule has 0 N–H and O–H groups in total. The van der Waals surface area contributed by atoms with Crippen LogP contribution in [-0.2, 0) is 5.54 Å². The summed E-state index contributed by atoms with van der Waals surface area (Å²) in [5.41, 5.74) is 1.85. The van der Waals surface area contributed by atoms with Gasteiger partial charge in [-0.15, -0.1) is 0 Å². The predicted octanol–water partition coefficient (Wildman–Crippen LogP) is 2.63. The van der Waals surface area contributed by atoms with Gasteiger partial charge in [0.2, 0.25) is 5.88 Å². The fraction of sp³-hybridized carbons (Fsp3) is 0.438. The molecule has 0 saturated carbocycles. The highest BCUT2D eigenvalue weighted by molar-refractivity contribution is 6.06. The maximum absolute atomic E-state index is 12.7. The largest absolute Gasteiger partial charge is 0.481 e. The smallest absolute Gasteiger partial charge is 0.261 e. The normalized spacial score (nSPS) is 11.4. The summed E-state index contributed by atoms with van der Waals surface area (Å²) in [7, 11) is 3.28. The molecule has 2 rings (SSSR count). The van der Waals surface area contributed by atoms with E-state index in [1.165, 1.54) is 0 Å². The minimum atomic E-state index is -0.163. The molecule has 0 aromatic carbocycles. The molecular weight excluding hydrogens is 280 g/mol. The van der Waals surface area contributed by atoms with E-state index in [-0.39, 0.29) is 11.4 Å². The second kappa shape index (κ2) is 5.79. The van der Waals surface area contributed by atoms with Crippen molar-refractivity contribution in [2.45, 2.75) is 33.2 Å². The van der Waals surface area contributed by atoms with Crippen molar-refractivity contribution in [2.75, 3.05) is 19.1 Å². The van der Waals surface area contributed by atoms with Gasteiger partial charge >= 0.3 is 0 Å². The van der Waals surface area contributed by atoms with Gasteiger partial charge in [0, 0.05) is 19.3 Å². The van der Waals surface area contributed by atoms with Gasteiger partial charge in [0.15, 0.2) is 0 Å². The van der Waals surface area contributed by atoms with E-state index in [1.807, 2.05) is 32.4 Å². The highest BCUT2D eigenvalue weighted by atomic mass is 16.5. The summed E-state index contributed by atoms with van der Waals surface area (Å²) in [6.07, 6.45) is 3.41. The number of ether oxygens (including phenoxy) is 1. The Balaban J connectivity index is 2.28. The van der Waals surface area contributed by atoms with E-state index < -0.39 is 0 Å². The number of anilines is 1. The first-order valence-corrected chi connectivity index (χ1v) is 7.09. The number of amides is 1. The molecule has 1 amide bonds. The molecule has 2 aromatic heterocycles. The third kappa shape index (κ3) is 3.10. The number of nitrogens with zero attached hydrogens (tertiary/aromatic N) is 4. The lowest BCUT2D eigenvalue weighted by Crippen LogP contribution is -2.27. The molecule has 0 bridgehead atoms. The van der Waals surface area contributed by atoms with Gasteiger partial charge in [0.05, 0.1) is 35.8 Å². The van der Waals surface area contributed by atoms with E-state index >= 15 is 0 Å². The molecule has 6 nitrogen and oxygen atoms in total. The number of pyridine rings is 1. The molecule has 0 unspecified atom stereocenters. The van der Waals surface area contributed by atoms with Crippen LogP contribution in [-0.4, -0.2) is 34.8 Å². The molecule has 0 aliphatic rings. The number of methoxy groups -OCH3 is 1. The van der Waals surface area contributed by atoms with E-state index in [0.717, 1.165) is 0 Å². The van der Waals surface area contributed by atoms with Gasteiger partial charge < -0.3 is 9.64 Å². The SMILES string of the molecule is COc1ccc(N(C)C(=O)c2cn(C(C)(C)C)nc2C)cn1. The number of rotatable bonds is 3. The molecule has 2 aromatic rings. The van der Waals surface area contributed by atoms with Crippen molar-refractivity contribution in [1.82, 2.24) is 14.8 Å². The highest BCUT2D eigenvalue weighted by Gasteiger charge is 2.22. The molecule has 0 spiro atoms. The average Bonchev–Trinajstić information content (AvgIpc) is 2.88. The van der Waals surface area contributed by atoms with Crippen LogP contribution in [0.2, 0.25) is 0 Å². The standard InChI is InChI=1S/C16H22N4O2/c1-11-13(10-20(18-11)16(2,3)4)15(21)19(5)12-7-8-14(22-6)17-9-12/h7-10H,1-6H3. The van der Waals surface area contributed by atoms with Gasteiger partial charge in [0.25, 0.3) is 5.91 Å². The third-order valence-corrected chi connectivity index (χ3v) is 3.44. The molecule has 0 saturated heterocycles. The fourth-order valence-corrected chi connectivity index (χ4v) is 2.00. The van der Waals surface area contributed by atoms with E-state index in [0.29, 0.717) is 22.8 Å². The van der Waals surface area contributed by atoms with Gasteiger partial charge in [-0.25, -0.2) is 4.98 Å². The zero-order valence-corrected chi connectivity index (χ0v) is 13.9. The number of carbonyl (C=O) groups is 1. The summed E-state index contributed by atoms with van der Waals surface area (Å²) in [6, 6.07) is 3.53. The number of hydrogen-bond donors (Lipinski definition) is 0. The fourth-order valence-electron chi connectivity index (χ4n) is 2.00. The van der Waals surface area contributed by atoms with Crippen molar-refractivity contribution >= 4 is 11.6 Å². The zero-order chi connectivity index (χ0) is 16.5. The van der Waals surface area contributed by atoms with E-state index in [9.17, 15) is 4.79 Å². The lowest BCUT2D eigenvalue weighted by molar-refractivity contribution is 0.0992. The minimum absolute atomic E-state index is 0.111. The quantitative estimate of drug-likeness (QED) is 0.874. The Morgan fingerprint density at radius 3 is 2.45 bits per heavy atom. The van der Waals surface area contributed by atoms with Crippen molar-refractivity contribution in [3.05, 3.63) is 35.8 Å². The van der Waals surface area contributed by atoms with Crippen LogP contribution in [0.4, 0.5) is 5.69 Å². The maximum Gasteiger partial charge on any atom is 0.261 e. The first kappa shape index (κ1) is 16.0. The molecule has 6 heteroatoms. The Hall–Kier alpha value is -2.37. The van der Waals surface area contributed by atoms with Crippen LogP contribution >= 0.6 is 0 Å². The van der Waals surface area contributed by atoms with Crippen LogP contribution < -0.4 is 9.64 Å². The molecule has 0 atom stereocenters. The summed E-state index contributed by atoms with van der Waals surface area (Å²) in [6.45, 7) is 7.98. The van der Waals surface area contributed by atoms with Gasteiger partial charge in [-0.2, -0.15) is 5.10 Å². The minimum Gasteiger partial charge on any atom is -0.481 e. The van der Waals surface area contributed by atoms with Crippen LogP contribution in [0.15, 0.2) is 24.5 Å². The first-order chi connectivity index (χ1) is 10.2. The lowest BCUT2D eigenvalue weighted by atomic mass is 10.1. The second-order valence-electron chi connectivity index (χ2n) is 6.17. The average molecular weight is 302 g/mol. The van der Waals surface area contributed by atoms with Gasteiger partial charge in [-0.1, -0.05) is 0 Å². The van der Waals surface area contributed by atoms with Gasteiger partial charge in [0.1, 0.15) is 0 Å². The van der Waals surface area contributed by atoms with E-state index in [1.54, 1.807) is 43.6 Å². The predicted molar refractivity (Wildman–Crippen MR) is 85.5 cm³/mol. The lowest BCUT2D eigenvalue weighted by Gasteiger charge is -2.19. The van der Waals surface area contributed by atoms with Crippen molar-refractivity contribution in [1.29, 1.82) is 0 Å². The summed E-state index contributed by atoms with van der Waals surface area (Å²) in [5, 5.41) is 4.44. The molecule has 118 valence electrons. The van der Waals surface area contributed by atoms with E-state index in [2.05, 4.69) is 10.1 Å². The van der Waals surface area contributed by atoms with Crippen molar-refractivity contribution in [2.24, 2.45) is 0 Å². The first-order valence-electron chi connectivity index (χ1n) is 7.09. The molecule has 0 aliphatic heterocycles. The number of aromatic nitrogens is 3. The van der Waals surface area contributed by atoms with Crippen molar-refractivity contribution in [3.8, 4) is 5.88 Å². The third-order valence-electron chi connectivity index (χ3n) is 3.44. The molecule has 22 heavy (non-hydrogen) atoms. The van der Waals surface area contributed by atoms with Crippen molar-refractivity contribution in [3.63, 3.8) is 0 Å². The second-order valence-corrected chi connectivity index (χ2v) is 6.17. The molecule has 2 heterocycles. The van der Waals surface area contributed by atoms with Crippen LogP contribution in [0, 0.1) is 6.92 Å². The summed E-state index contributed by atoms with van der Waals surface area (Å²) in [4.78, 5) is 18.4. The topological polar surface area (TPSA) is 60.2 Å². The Morgan fingerprint density at radius 1 is 1.32 bits per heavy atom. The van der Waals surface area contributed by atoms with Crippen LogP contribution in [0.25, 0.3) is 0 Å². The number of aryl methyl sites for hydroxylation is 1. The number of carbonyl (C=O) groups excluding carboxylic acids is 1. The Bertz CT molecular complexity index is 668. The Kier molecular flexibility index (Phi) is 4.21. The van der Waals surface area contributed by atoms with Gasteiger partial charge in [-0.05, 0) is 33.8 Å². The number of hydrogen-bond acceptors (Lipinski definition) is 4. The molecule has 0 radical (unpaired) electrons. The monoisotopic (exact) mass is 302 g/mol. The molecular formula is C16H22N4O2. The van der Waals surface area contributed by atoms with Gasteiger partial charge in [-0.3, -0.25) is 9.48 Å². The molecule has 0 fully saturated rings. The summed E-state index contributed by atoms with van der Waals surface area (Å²) in [5.74, 6) is 0.404. The summed E-state index contributed by atoms with van der Waals surface area (Å²) >= 11 is 0. The van der Waals surface area contributed by atoms with Crippen molar-refractivity contribution < 1.29 is 9.53 Å².